The van der Waals surface area contributed by atoms with Crippen LogP contribution in [0.15, 0.2) is 18.2 Å². The largest absolute Gasteiger partial charge is 0.350 e. The molecule has 0 saturated carbocycles. The van der Waals surface area contributed by atoms with Crippen molar-refractivity contribution in [2.24, 2.45) is 0 Å². The smallest absolute Gasteiger partial charge is 0.251 e. The first-order valence-corrected chi connectivity index (χ1v) is 10.8. The summed E-state index contributed by atoms with van der Waals surface area (Å²) in [5.74, 6) is -0.331. The molecule has 7 nitrogen and oxygen atoms in total. The van der Waals surface area contributed by atoms with Gasteiger partial charge in [-0.15, -0.1) is 0 Å². The van der Waals surface area contributed by atoms with Crippen molar-refractivity contribution in [2.75, 3.05) is 11.9 Å². The lowest BCUT2D eigenvalue weighted by Gasteiger charge is -2.14. The van der Waals surface area contributed by atoms with E-state index in [1.807, 2.05) is 13.8 Å². The van der Waals surface area contributed by atoms with Gasteiger partial charge in [0.15, 0.2) is 0 Å². The molecule has 0 aliphatic carbocycles. The molecule has 0 aliphatic rings. The van der Waals surface area contributed by atoms with Crippen LogP contribution < -0.4 is 15.4 Å². The van der Waals surface area contributed by atoms with Gasteiger partial charge < -0.3 is 10.6 Å². The van der Waals surface area contributed by atoms with Crippen LogP contribution in [0.3, 0.4) is 0 Å². The van der Waals surface area contributed by atoms with Crippen LogP contribution in [0.1, 0.15) is 62.9 Å². The summed E-state index contributed by atoms with van der Waals surface area (Å²) in [7, 11) is -3.26. The Balaban J connectivity index is 2.52. The van der Waals surface area contributed by atoms with Crippen molar-refractivity contribution >= 4 is 27.5 Å². The molecule has 3 N–H and O–H groups in total. The third-order valence-corrected chi connectivity index (χ3v) is 5.87. The van der Waals surface area contributed by atoms with Crippen molar-refractivity contribution in [3.63, 3.8) is 0 Å². The molecule has 0 heterocycles. The maximum atomic E-state index is 12.2. The number of anilines is 1. The number of carbonyl (C=O) groups excluding carboxylic acids is 2. The molecule has 0 unspecified atom stereocenters. The van der Waals surface area contributed by atoms with Crippen LogP contribution in [-0.4, -0.2) is 38.1 Å². The van der Waals surface area contributed by atoms with Gasteiger partial charge in [0.25, 0.3) is 5.91 Å². The topological polar surface area (TPSA) is 104 Å². The van der Waals surface area contributed by atoms with E-state index in [2.05, 4.69) is 15.4 Å². The Morgan fingerprint density at radius 2 is 1.74 bits per heavy atom. The minimum Gasteiger partial charge on any atom is -0.350 e. The van der Waals surface area contributed by atoms with Crippen LogP contribution in [0.5, 0.6) is 0 Å². The fraction of sp³-hybridized carbons (Fsp3) is 0.579. The summed E-state index contributed by atoms with van der Waals surface area (Å²) >= 11 is 0. The van der Waals surface area contributed by atoms with Crippen molar-refractivity contribution in [3.05, 3.63) is 29.3 Å². The number of hydrogen-bond acceptors (Lipinski definition) is 4. The molecule has 152 valence electrons. The molecule has 0 saturated heterocycles. The number of sulfonamides is 1. The SMILES string of the molecule is Cc1c(NC(=O)CCCCNS(=O)(=O)C(C)C)cccc1C(=O)NC(C)C. The first kappa shape index (κ1) is 23.1. The van der Waals surface area contributed by atoms with Gasteiger partial charge in [-0.1, -0.05) is 6.07 Å². The number of nitrogens with one attached hydrogen (secondary N) is 3. The highest BCUT2D eigenvalue weighted by Gasteiger charge is 2.15. The summed E-state index contributed by atoms with van der Waals surface area (Å²) in [6.07, 6.45) is 1.43. The molecular weight excluding hydrogens is 366 g/mol. The summed E-state index contributed by atoms with van der Waals surface area (Å²) in [6, 6.07) is 5.25. The van der Waals surface area contributed by atoms with Gasteiger partial charge in [0.05, 0.1) is 5.25 Å². The van der Waals surface area contributed by atoms with Gasteiger partial charge in [0.2, 0.25) is 15.9 Å². The van der Waals surface area contributed by atoms with E-state index < -0.39 is 15.3 Å². The molecule has 0 fully saturated rings. The molecular formula is C19H31N3O4S. The lowest BCUT2D eigenvalue weighted by molar-refractivity contribution is -0.116. The first-order chi connectivity index (χ1) is 12.5. The summed E-state index contributed by atoms with van der Waals surface area (Å²) < 4.78 is 25.8. The van der Waals surface area contributed by atoms with Crippen LogP contribution in [0, 0.1) is 6.92 Å². The van der Waals surface area contributed by atoms with E-state index in [1.54, 1.807) is 39.0 Å². The van der Waals surface area contributed by atoms with Gasteiger partial charge in [0, 0.05) is 30.3 Å². The molecule has 27 heavy (non-hydrogen) atoms. The van der Waals surface area contributed by atoms with E-state index >= 15 is 0 Å². The molecule has 1 rings (SSSR count). The number of amides is 2. The third kappa shape index (κ3) is 7.68. The number of carbonyl (C=O) groups is 2. The van der Waals surface area contributed by atoms with Gasteiger partial charge in [-0.05, 0) is 65.2 Å². The Labute approximate surface area is 162 Å². The molecule has 1 aromatic carbocycles. The standard InChI is InChI=1S/C19H31N3O4S/c1-13(2)21-19(24)16-9-8-10-17(15(16)5)22-18(23)11-6-7-12-20-27(25,26)14(3)4/h8-10,13-14,20H,6-7,11-12H2,1-5H3,(H,21,24)(H,22,23). The van der Waals surface area contributed by atoms with Crippen molar-refractivity contribution in [1.82, 2.24) is 10.0 Å². The second-order valence-corrected chi connectivity index (χ2v) is 9.42. The third-order valence-electron chi connectivity index (χ3n) is 4.03. The summed E-state index contributed by atoms with van der Waals surface area (Å²) in [6.45, 7) is 9.13. The maximum Gasteiger partial charge on any atom is 0.251 e. The van der Waals surface area contributed by atoms with E-state index in [4.69, 9.17) is 0 Å². The summed E-state index contributed by atoms with van der Waals surface area (Å²) in [5.41, 5.74) is 1.86. The second kappa shape index (κ2) is 10.4. The van der Waals surface area contributed by atoms with Crippen molar-refractivity contribution in [3.8, 4) is 0 Å². The molecule has 0 radical (unpaired) electrons. The van der Waals surface area contributed by atoms with Crippen molar-refractivity contribution < 1.29 is 18.0 Å². The van der Waals surface area contributed by atoms with Gasteiger partial charge in [-0.25, -0.2) is 13.1 Å². The Morgan fingerprint density at radius 1 is 1.07 bits per heavy atom. The van der Waals surface area contributed by atoms with Crippen molar-refractivity contribution in [2.45, 2.75) is 65.2 Å². The number of benzene rings is 1. The van der Waals surface area contributed by atoms with Gasteiger partial charge >= 0.3 is 0 Å². The predicted molar refractivity (Wildman–Crippen MR) is 108 cm³/mol. The minimum absolute atomic E-state index is 0.0308. The molecule has 2 amide bonds. The maximum absolute atomic E-state index is 12.2. The Hall–Kier alpha value is -1.93. The molecule has 8 heteroatoms. The first-order valence-electron chi connectivity index (χ1n) is 9.23. The Morgan fingerprint density at radius 3 is 2.33 bits per heavy atom. The van der Waals surface area contributed by atoms with E-state index in [-0.39, 0.29) is 24.3 Å². The second-order valence-electron chi connectivity index (χ2n) is 7.10. The number of unbranched alkanes of at least 4 members (excludes halogenated alkanes) is 1. The zero-order chi connectivity index (χ0) is 20.6. The lowest BCUT2D eigenvalue weighted by Crippen LogP contribution is -2.31. The van der Waals surface area contributed by atoms with Crippen LogP contribution in [-0.2, 0) is 14.8 Å². The predicted octanol–water partition coefficient (Wildman–Crippen LogP) is 2.57. The highest BCUT2D eigenvalue weighted by atomic mass is 32.2. The number of hydrogen-bond donors (Lipinski definition) is 3. The quantitative estimate of drug-likeness (QED) is 0.528. The molecule has 0 atom stereocenters. The molecule has 1 aromatic rings. The van der Waals surface area contributed by atoms with Gasteiger partial charge in [-0.2, -0.15) is 0 Å². The molecule has 0 spiro atoms. The van der Waals surface area contributed by atoms with E-state index in [1.165, 1.54) is 0 Å². The average molecular weight is 398 g/mol. The normalized spacial score (nSPS) is 11.7. The van der Waals surface area contributed by atoms with Crippen LogP contribution >= 0.6 is 0 Å². The Kier molecular flexibility index (Phi) is 8.92. The van der Waals surface area contributed by atoms with Gasteiger partial charge in [-0.3, -0.25) is 9.59 Å². The Bertz CT molecular complexity index is 758. The van der Waals surface area contributed by atoms with Crippen molar-refractivity contribution in [1.29, 1.82) is 0 Å². The zero-order valence-corrected chi connectivity index (χ0v) is 17.6. The summed E-state index contributed by atoms with van der Waals surface area (Å²) in [5, 5.41) is 5.20. The summed E-state index contributed by atoms with van der Waals surface area (Å²) in [4.78, 5) is 24.3. The van der Waals surface area contributed by atoms with E-state index in [0.29, 0.717) is 36.2 Å². The fourth-order valence-corrected chi connectivity index (χ4v) is 3.12. The van der Waals surface area contributed by atoms with Gasteiger partial charge in [0.1, 0.15) is 0 Å². The zero-order valence-electron chi connectivity index (χ0n) is 16.8. The van der Waals surface area contributed by atoms with Crippen LogP contribution in [0.2, 0.25) is 0 Å². The van der Waals surface area contributed by atoms with Crippen LogP contribution in [0.25, 0.3) is 0 Å². The number of rotatable bonds is 10. The molecule has 0 bridgehead atoms. The fourth-order valence-electron chi connectivity index (χ4n) is 2.36. The highest BCUT2D eigenvalue weighted by Crippen LogP contribution is 2.19. The van der Waals surface area contributed by atoms with Crippen LogP contribution in [0.4, 0.5) is 5.69 Å². The van der Waals surface area contributed by atoms with E-state index in [0.717, 1.165) is 0 Å². The average Bonchev–Trinajstić information content (AvgIpc) is 2.55. The minimum atomic E-state index is -3.26. The monoisotopic (exact) mass is 397 g/mol. The van der Waals surface area contributed by atoms with E-state index in [9.17, 15) is 18.0 Å². The molecule has 0 aromatic heterocycles. The highest BCUT2D eigenvalue weighted by molar-refractivity contribution is 7.90. The lowest BCUT2D eigenvalue weighted by atomic mass is 10.1. The molecule has 0 aliphatic heterocycles.